The molecule has 0 unspecified atom stereocenters. The summed E-state index contributed by atoms with van der Waals surface area (Å²) in [6, 6.07) is 7.98. The van der Waals surface area contributed by atoms with Gasteiger partial charge < -0.3 is 29.5 Å². The molecule has 8 heteroatoms. The van der Waals surface area contributed by atoms with Crippen LogP contribution in [-0.2, 0) is 9.59 Å². The number of unbranched alkanes of at least 4 members (excludes halogenated alkanes) is 1. The fourth-order valence-corrected chi connectivity index (χ4v) is 2.54. The van der Waals surface area contributed by atoms with E-state index in [0.29, 0.717) is 0 Å². The number of hydrogen-bond donors (Lipinski definition) is 2. The molecular formula is C20H32N2O6. The number of hydrogen-bond acceptors (Lipinski definition) is 6. The second-order valence-corrected chi connectivity index (χ2v) is 6.63. The number of likely N-dealkylation sites (N-methyl/N-ethyl adjacent to an activating group) is 1. The largest absolute Gasteiger partial charge is 0.493 e. The molecule has 1 aromatic rings. The van der Waals surface area contributed by atoms with Crippen molar-refractivity contribution in [1.82, 2.24) is 9.80 Å². The highest BCUT2D eigenvalue weighted by Gasteiger charge is 2.12. The Labute approximate surface area is 166 Å². The van der Waals surface area contributed by atoms with Crippen LogP contribution in [0.3, 0.4) is 0 Å². The highest BCUT2D eigenvalue weighted by atomic mass is 16.5. The molecule has 2 rings (SSSR count). The quantitative estimate of drug-likeness (QED) is 0.483. The van der Waals surface area contributed by atoms with Gasteiger partial charge in [-0.1, -0.05) is 19.4 Å². The molecular weight excluding hydrogens is 364 g/mol. The van der Waals surface area contributed by atoms with Crippen LogP contribution in [0.5, 0.6) is 11.5 Å². The van der Waals surface area contributed by atoms with Crippen LogP contribution in [0, 0.1) is 0 Å². The van der Waals surface area contributed by atoms with Crippen molar-refractivity contribution in [2.24, 2.45) is 0 Å². The average Bonchev–Trinajstić information content (AvgIpc) is 2.68. The van der Waals surface area contributed by atoms with Crippen molar-refractivity contribution >= 4 is 11.9 Å². The topological polar surface area (TPSA) is 99.5 Å². The maximum absolute atomic E-state index is 9.10. The van der Waals surface area contributed by atoms with Gasteiger partial charge in [0.15, 0.2) is 0 Å². The van der Waals surface area contributed by atoms with E-state index in [4.69, 9.17) is 29.3 Å². The van der Waals surface area contributed by atoms with Crippen molar-refractivity contribution in [3.8, 4) is 11.5 Å². The maximum atomic E-state index is 9.10. The predicted octanol–water partition coefficient (Wildman–Crippen LogP) is 2.04. The zero-order valence-electron chi connectivity index (χ0n) is 16.8. The summed E-state index contributed by atoms with van der Waals surface area (Å²) < 4.78 is 11.6. The third kappa shape index (κ3) is 10.7. The summed E-state index contributed by atoms with van der Waals surface area (Å²) in [4.78, 5) is 23.1. The Bertz CT molecular complexity index is 576. The summed E-state index contributed by atoms with van der Waals surface area (Å²) in [5.41, 5.74) is 0. The molecule has 0 amide bonds. The lowest BCUT2D eigenvalue weighted by molar-refractivity contribution is -0.159. The van der Waals surface area contributed by atoms with Crippen LogP contribution >= 0.6 is 0 Å². The van der Waals surface area contributed by atoms with Gasteiger partial charge >= 0.3 is 11.9 Å². The van der Waals surface area contributed by atoms with Crippen LogP contribution in [0.2, 0.25) is 0 Å². The zero-order chi connectivity index (χ0) is 20.8. The van der Waals surface area contributed by atoms with Crippen molar-refractivity contribution in [3.05, 3.63) is 24.3 Å². The van der Waals surface area contributed by atoms with Gasteiger partial charge in [-0.15, -0.1) is 0 Å². The number of carboxylic acid groups (broad SMARTS) is 2. The molecule has 158 valence electrons. The van der Waals surface area contributed by atoms with Gasteiger partial charge in [0.25, 0.3) is 0 Å². The van der Waals surface area contributed by atoms with Gasteiger partial charge in [0.1, 0.15) is 11.5 Å². The fraction of sp³-hybridized carbons (Fsp3) is 0.600. The number of benzene rings is 1. The molecule has 1 fully saturated rings. The molecule has 1 aliphatic rings. The molecule has 0 aromatic heterocycles. The van der Waals surface area contributed by atoms with E-state index in [9.17, 15) is 0 Å². The van der Waals surface area contributed by atoms with Gasteiger partial charge in [-0.05, 0) is 32.0 Å². The Morgan fingerprint density at radius 1 is 0.964 bits per heavy atom. The first-order chi connectivity index (χ1) is 13.4. The van der Waals surface area contributed by atoms with E-state index >= 15 is 0 Å². The smallest absolute Gasteiger partial charge is 0.414 e. The number of carboxylic acids is 2. The molecule has 0 atom stereocenters. The van der Waals surface area contributed by atoms with E-state index in [2.05, 4.69) is 23.8 Å². The molecule has 0 spiro atoms. The molecule has 28 heavy (non-hydrogen) atoms. The lowest BCUT2D eigenvalue weighted by Crippen LogP contribution is -2.44. The molecule has 0 saturated carbocycles. The second kappa shape index (κ2) is 13.8. The first-order valence-electron chi connectivity index (χ1n) is 9.65. The second-order valence-electron chi connectivity index (χ2n) is 6.63. The molecule has 0 aliphatic carbocycles. The molecule has 0 radical (unpaired) electrons. The SMILES string of the molecule is CCCCOc1cccc(OCCCN2CCN(C)CC2)c1.O=C(O)C(=O)O. The molecule has 2 N–H and O–H groups in total. The average molecular weight is 396 g/mol. The summed E-state index contributed by atoms with van der Waals surface area (Å²) in [5.74, 6) is -1.83. The van der Waals surface area contributed by atoms with Crippen molar-refractivity contribution < 1.29 is 29.3 Å². The van der Waals surface area contributed by atoms with Gasteiger partial charge in [-0.25, -0.2) is 9.59 Å². The summed E-state index contributed by atoms with van der Waals surface area (Å²) in [6.45, 7) is 9.56. The lowest BCUT2D eigenvalue weighted by atomic mass is 10.3. The summed E-state index contributed by atoms with van der Waals surface area (Å²) >= 11 is 0. The van der Waals surface area contributed by atoms with Gasteiger partial charge in [-0.3, -0.25) is 0 Å². The number of aliphatic carboxylic acids is 2. The molecule has 1 aromatic carbocycles. The van der Waals surface area contributed by atoms with Crippen molar-refractivity contribution in [1.29, 1.82) is 0 Å². The molecule has 1 aliphatic heterocycles. The van der Waals surface area contributed by atoms with Gasteiger partial charge in [-0.2, -0.15) is 0 Å². The van der Waals surface area contributed by atoms with E-state index in [1.54, 1.807) is 0 Å². The molecule has 1 saturated heterocycles. The number of nitrogens with zero attached hydrogens (tertiary/aromatic N) is 2. The summed E-state index contributed by atoms with van der Waals surface area (Å²) in [5, 5.41) is 14.8. The van der Waals surface area contributed by atoms with Crippen molar-refractivity contribution in [2.45, 2.75) is 26.2 Å². The number of carbonyl (C=O) groups is 2. The zero-order valence-corrected chi connectivity index (χ0v) is 16.8. The Morgan fingerprint density at radius 3 is 2.00 bits per heavy atom. The Balaban J connectivity index is 0.000000568. The minimum atomic E-state index is -1.82. The Morgan fingerprint density at radius 2 is 1.50 bits per heavy atom. The van der Waals surface area contributed by atoms with Crippen LogP contribution in [0.4, 0.5) is 0 Å². The van der Waals surface area contributed by atoms with E-state index in [-0.39, 0.29) is 0 Å². The predicted molar refractivity (Wildman–Crippen MR) is 106 cm³/mol. The minimum Gasteiger partial charge on any atom is -0.493 e. The van der Waals surface area contributed by atoms with E-state index in [0.717, 1.165) is 50.5 Å². The minimum absolute atomic E-state index is 0.769. The van der Waals surface area contributed by atoms with Crippen LogP contribution in [-0.4, -0.2) is 84.9 Å². The number of ether oxygens (including phenoxy) is 2. The van der Waals surface area contributed by atoms with E-state index < -0.39 is 11.9 Å². The molecule has 0 bridgehead atoms. The third-order valence-electron chi connectivity index (χ3n) is 4.24. The first-order valence-corrected chi connectivity index (χ1v) is 9.65. The van der Waals surface area contributed by atoms with Gasteiger partial charge in [0.05, 0.1) is 13.2 Å². The lowest BCUT2D eigenvalue weighted by Gasteiger charge is -2.32. The normalized spacial score (nSPS) is 14.6. The van der Waals surface area contributed by atoms with Gasteiger partial charge in [0.2, 0.25) is 0 Å². The van der Waals surface area contributed by atoms with Crippen molar-refractivity contribution in [3.63, 3.8) is 0 Å². The number of rotatable bonds is 9. The van der Waals surface area contributed by atoms with Crippen LogP contribution < -0.4 is 9.47 Å². The van der Waals surface area contributed by atoms with Crippen LogP contribution in [0.15, 0.2) is 24.3 Å². The van der Waals surface area contributed by atoms with E-state index in [1.165, 1.54) is 26.2 Å². The third-order valence-corrected chi connectivity index (χ3v) is 4.24. The highest BCUT2D eigenvalue weighted by Crippen LogP contribution is 2.19. The molecule has 8 nitrogen and oxygen atoms in total. The Hall–Kier alpha value is -2.32. The summed E-state index contributed by atoms with van der Waals surface area (Å²) in [7, 11) is 2.19. The Kier molecular flexibility index (Phi) is 11.7. The maximum Gasteiger partial charge on any atom is 0.414 e. The van der Waals surface area contributed by atoms with Crippen LogP contribution in [0.25, 0.3) is 0 Å². The fourth-order valence-electron chi connectivity index (χ4n) is 2.54. The standard InChI is InChI=1S/C18H30N2O2.C2H2O4/c1-3-4-14-21-17-7-5-8-18(16-17)22-15-6-9-20-12-10-19(2)11-13-20;3-1(4)2(5)6/h5,7-8,16H,3-4,6,9-15H2,1-2H3;(H,3,4)(H,5,6). The first kappa shape index (κ1) is 23.7. The number of piperazine rings is 1. The molecule has 1 heterocycles. The monoisotopic (exact) mass is 396 g/mol. The van der Waals surface area contributed by atoms with E-state index in [1.807, 2.05) is 24.3 Å². The van der Waals surface area contributed by atoms with Gasteiger partial charge in [0, 0.05) is 38.8 Å². The van der Waals surface area contributed by atoms with Crippen LogP contribution in [0.1, 0.15) is 26.2 Å². The summed E-state index contributed by atoms with van der Waals surface area (Å²) in [6.07, 6.45) is 3.32. The highest BCUT2D eigenvalue weighted by molar-refractivity contribution is 6.27. The van der Waals surface area contributed by atoms with Crippen molar-refractivity contribution in [2.75, 3.05) is 53.0 Å².